The normalized spacial score (nSPS) is 10.6. The van der Waals surface area contributed by atoms with Gasteiger partial charge in [0.1, 0.15) is 12.4 Å². The summed E-state index contributed by atoms with van der Waals surface area (Å²) in [6.07, 6.45) is 0.668. The second kappa shape index (κ2) is 9.96. The number of amides is 1. The van der Waals surface area contributed by atoms with Gasteiger partial charge in [0, 0.05) is 24.5 Å². The van der Waals surface area contributed by atoms with Crippen molar-refractivity contribution in [1.82, 2.24) is 14.8 Å². The van der Waals surface area contributed by atoms with Gasteiger partial charge in [-0.2, -0.15) is 4.37 Å². The maximum atomic E-state index is 12.2. The zero-order chi connectivity index (χ0) is 19.8. The van der Waals surface area contributed by atoms with Gasteiger partial charge in [-0.05, 0) is 25.0 Å². The van der Waals surface area contributed by atoms with E-state index in [0.717, 1.165) is 16.5 Å². The largest absolute Gasteiger partial charge is 0.333 e. The van der Waals surface area contributed by atoms with Crippen LogP contribution in [0.5, 0.6) is 0 Å². The molecule has 0 unspecified atom stereocenters. The summed E-state index contributed by atoms with van der Waals surface area (Å²) in [4.78, 5) is 23.8. The van der Waals surface area contributed by atoms with Gasteiger partial charge in [0.05, 0.1) is 6.61 Å². The van der Waals surface area contributed by atoms with E-state index >= 15 is 0 Å². The fourth-order valence-electron chi connectivity index (χ4n) is 2.69. The fraction of sp³-hybridized carbons (Fsp3) is 0.286. The van der Waals surface area contributed by atoms with E-state index in [0.29, 0.717) is 19.6 Å². The molecule has 0 saturated carbocycles. The Morgan fingerprint density at radius 1 is 1.11 bits per heavy atom. The van der Waals surface area contributed by atoms with Crippen molar-refractivity contribution in [3.05, 3.63) is 77.1 Å². The van der Waals surface area contributed by atoms with Crippen LogP contribution in [0.3, 0.4) is 0 Å². The van der Waals surface area contributed by atoms with Gasteiger partial charge in [-0.3, -0.25) is 9.63 Å². The minimum absolute atomic E-state index is 0.147. The summed E-state index contributed by atoms with van der Waals surface area (Å²) in [7, 11) is 0. The van der Waals surface area contributed by atoms with E-state index in [4.69, 9.17) is 4.84 Å². The molecule has 0 saturated heterocycles. The van der Waals surface area contributed by atoms with Crippen molar-refractivity contribution in [2.45, 2.75) is 26.8 Å². The van der Waals surface area contributed by atoms with E-state index in [9.17, 15) is 4.79 Å². The molecule has 1 N–H and O–H groups in total. The van der Waals surface area contributed by atoms with E-state index in [1.807, 2.05) is 42.2 Å². The first-order valence-corrected chi connectivity index (χ1v) is 9.99. The lowest BCUT2D eigenvalue weighted by molar-refractivity contribution is -0.131. The molecule has 1 aromatic heterocycles. The molecule has 3 aromatic rings. The van der Waals surface area contributed by atoms with Crippen LogP contribution in [0, 0.1) is 6.92 Å². The number of hydrogen-bond acceptors (Lipinski definition) is 6. The molecule has 0 atom stereocenters. The second-order valence-electron chi connectivity index (χ2n) is 6.46. The number of aryl methyl sites for hydroxylation is 1. The molecule has 1 amide bonds. The van der Waals surface area contributed by atoms with Crippen LogP contribution in [-0.4, -0.2) is 28.4 Å². The lowest BCUT2D eigenvalue weighted by Gasteiger charge is -2.20. The van der Waals surface area contributed by atoms with E-state index in [1.54, 1.807) is 0 Å². The maximum Gasteiger partial charge on any atom is 0.263 e. The Labute approximate surface area is 169 Å². The number of aromatic nitrogens is 2. The summed E-state index contributed by atoms with van der Waals surface area (Å²) in [5.41, 5.74) is 5.94. The van der Waals surface area contributed by atoms with Crippen LogP contribution in [0.4, 0.5) is 5.13 Å². The number of carbonyl (C=O) groups excluding carboxylic acids is 1. The van der Waals surface area contributed by atoms with Gasteiger partial charge in [-0.15, -0.1) is 0 Å². The number of hydroxylamine groups is 1. The molecular formula is C21H24N4O2S. The minimum atomic E-state index is -0.215. The van der Waals surface area contributed by atoms with Crippen molar-refractivity contribution in [3.63, 3.8) is 0 Å². The van der Waals surface area contributed by atoms with Crippen LogP contribution in [0.25, 0.3) is 0 Å². The van der Waals surface area contributed by atoms with Gasteiger partial charge in [0.2, 0.25) is 5.13 Å². The molecule has 1 heterocycles. The Kier molecular flexibility index (Phi) is 7.11. The summed E-state index contributed by atoms with van der Waals surface area (Å²) in [6.45, 7) is 5.03. The molecule has 2 aromatic carbocycles. The Bertz CT molecular complexity index is 881. The van der Waals surface area contributed by atoms with Crippen molar-refractivity contribution in [2.75, 3.05) is 18.1 Å². The van der Waals surface area contributed by atoms with Crippen molar-refractivity contribution in [3.8, 4) is 0 Å². The smallest absolute Gasteiger partial charge is 0.263 e. The van der Waals surface area contributed by atoms with Gasteiger partial charge in [-0.1, -0.05) is 60.2 Å². The third-order valence-corrected chi connectivity index (χ3v) is 4.91. The molecule has 0 aliphatic rings. The lowest BCUT2D eigenvalue weighted by atomic mass is 10.1. The number of carbonyl (C=O) groups is 1. The fourth-order valence-corrected chi connectivity index (χ4v) is 3.37. The predicted octanol–water partition coefficient (Wildman–Crippen LogP) is 3.51. The molecule has 3 rings (SSSR count). The summed E-state index contributed by atoms with van der Waals surface area (Å²) in [5, 5.41) is 0.720. The summed E-state index contributed by atoms with van der Waals surface area (Å²) >= 11 is 1.31. The highest BCUT2D eigenvalue weighted by Gasteiger charge is 2.17. The number of anilines is 1. The SMILES string of the molecule is CCONC(=O)CN(Cc1ccccc1)c1nc(Cc2ccc(C)cc2)ns1. The van der Waals surface area contributed by atoms with Crippen LogP contribution in [0.2, 0.25) is 0 Å². The van der Waals surface area contributed by atoms with E-state index in [1.165, 1.54) is 22.7 Å². The topological polar surface area (TPSA) is 67.3 Å². The number of nitrogens with zero attached hydrogens (tertiary/aromatic N) is 3. The monoisotopic (exact) mass is 396 g/mol. The van der Waals surface area contributed by atoms with Crippen molar-refractivity contribution in [2.24, 2.45) is 0 Å². The molecule has 0 spiro atoms. The molecule has 28 heavy (non-hydrogen) atoms. The van der Waals surface area contributed by atoms with Crippen LogP contribution in [-0.2, 0) is 22.6 Å². The van der Waals surface area contributed by atoms with Crippen LogP contribution >= 0.6 is 11.5 Å². The van der Waals surface area contributed by atoms with Gasteiger partial charge in [-0.25, -0.2) is 10.5 Å². The van der Waals surface area contributed by atoms with Gasteiger partial charge >= 0.3 is 0 Å². The molecule has 0 aliphatic heterocycles. The Hall–Kier alpha value is -2.77. The standard InChI is InChI=1S/C21H24N4O2S/c1-3-27-23-20(26)15-25(14-18-7-5-4-6-8-18)21-22-19(24-28-21)13-17-11-9-16(2)10-12-17/h4-12H,3,13-15H2,1-2H3,(H,23,26). The average Bonchev–Trinajstić information content (AvgIpc) is 3.17. The van der Waals surface area contributed by atoms with E-state index in [2.05, 4.69) is 46.0 Å². The third kappa shape index (κ3) is 5.87. The Morgan fingerprint density at radius 3 is 2.57 bits per heavy atom. The molecular weight excluding hydrogens is 372 g/mol. The number of hydrogen-bond donors (Lipinski definition) is 1. The van der Waals surface area contributed by atoms with Crippen molar-refractivity contribution >= 4 is 22.6 Å². The number of rotatable bonds is 9. The first-order chi connectivity index (χ1) is 13.6. The first kappa shape index (κ1) is 20.0. The van der Waals surface area contributed by atoms with Crippen LogP contribution in [0.15, 0.2) is 54.6 Å². The summed E-state index contributed by atoms with van der Waals surface area (Å²) in [6, 6.07) is 18.3. The number of benzene rings is 2. The van der Waals surface area contributed by atoms with Crippen LogP contribution in [0.1, 0.15) is 29.4 Å². The van der Waals surface area contributed by atoms with Gasteiger partial charge < -0.3 is 4.90 Å². The second-order valence-corrected chi connectivity index (χ2v) is 7.19. The predicted molar refractivity (Wildman–Crippen MR) is 111 cm³/mol. The summed E-state index contributed by atoms with van der Waals surface area (Å²) < 4.78 is 4.49. The van der Waals surface area contributed by atoms with E-state index < -0.39 is 0 Å². The highest BCUT2D eigenvalue weighted by molar-refractivity contribution is 7.09. The molecule has 0 aliphatic carbocycles. The molecule has 0 bridgehead atoms. The molecule has 146 valence electrons. The van der Waals surface area contributed by atoms with Crippen molar-refractivity contribution in [1.29, 1.82) is 0 Å². The lowest BCUT2D eigenvalue weighted by Crippen LogP contribution is -2.37. The minimum Gasteiger partial charge on any atom is -0.333 e. The highest BCUT2D eigenvalue weighted by atomic mass is 32.1. The zero-order valence-electron chi connectivity index (χ0n) is 16.1. The van der Waals surface area contributed by atoms with Crippen LogP contribution < -0.4 is 10.4 Å². The van der Waals surface area contributed by atoms with E-state index in [-0.39, 0.29) is 12.5 Å². The maximum absolute atomic E-state index is 12.2. The Balaban J connectivity index is 1.74. The number of nitrogens with one attached hydrogen (secondary N) is 1. The molecule has 0 fully saturated rings. The van der Waals surface area contributed by atoms with Gasteiger partial charge in [0.15, 0.2) is 0 Å². The highest BCUT2D eigenvalue weighted by Crippen LogP contribution is 2.21. The molecule has 6 nitrogen and oxygen atoms in total. The molecule has 0 radical (unpaired) electrons. The summed E-state index contributed by atoms with van der Waals surface area (Å²) in [5.74, 6) is 0.542. The average molecular weight is 397 g/mol. The third-order valence-electron chi connectivity index (χ3n) is 4.09. The Morgan fingerprint density at radius 2 is 1.86 bits per heavy atom. The van der Waals surface area contributed by atoms with Crippen molar-refractivity contribution < 1.29 is 9.63 Å². The first-order valence-electron chi connectivity index (χ1n) is 9.21. The molecule has 7 heteroatoms. The van der Waals surface area contributed by atoms with Gasteiger partial charge in [0.25, 0.3) is 5.91 Å². The quantitative estimate of drug-likeness (QED) is 0.561. The zero-order valence-corrected chi connectivity index (χ0v) is 16.9.